The largest absolute Gasteiger partial charge is 0.372 e. The lowest BCUT2D eigenvalue weighted by molar-refractivity contribution is 0.623. The average molecular weight is 192 g/mol. The van der Waals surface area contributed by atoms with Crippen molar-refractivity contribution in [3.05, 3.63) is 29.6 Å². The molecule has 0 fully saturated rings. The Morgan fingerprint density at radius 1 is 1.36 bits per heavy atom. The lowest BCUT2D eigenvalue weighted by atomic mass is 10.2. The third-order valence-corrected chi connectivity index (χ3v) is 2.20. The van der Waals surface area contributed by atoms with Crippen molar-refractivity contribution in [2.45, 2.75) is 13.8 Å². The molecule has 0 bridgehead atoms. The number of hydrogen-bond acceptors (Lipinski definition) is 2. The molecule has 74 valence electrons. The number of nitriles is 1. The second kappa shape index (κ2) is 4.61. The molecule has 0 saturated heterocycles. The lowest BCUT2D eigenvalue weighted by Crippen LogP contribution is -2.21. The number of hydrogen-bond donors (Lipinski definition) is 0. The lowest BCUT2D eigenvalue weighted by Gasteiger charge is -2.20. The minimum Gasteiger partial charge on any atom is -0.372 e. The Balaban J connectivity index is 3.02. The van der Waals surface area contributed by atoms with E-state index in [2.05, 4.69) is 0 Å². The highest BCUT2D eigenvalue weighted by Crippen LogP contribution is 2.17. The molecule has 0 aliphatic heterocycles. The van der Waals surface area contributed by atoms with Gasteiger partial charge in [0.05, 0.1) is 5.56 Å². The van der Waals surface area contributed by atoms with Crippen molar-refractivity contribution >= 4 is 5.69 Å². The van der Waals surface area contributed by atoms with Crippen LogP contribution < -0.4 is 4.90 Å². The number of halogens is 1. The topological polar surface area (TPSA) is 27.0 Å². The second-order valence-corrected chi connectivity index (χ2v) is 2.95. The molecule has 14 heavy (non-hydrogen) atoms. The molecule has 1 aromatic rings. The van der Waals surface area contributed by atoms with Crippen molar-refractivity contribution in [3.8, 4) is 6.07 Å². The van der Waals surface area contributed by atoms with E-state index < -0.39 is 5.82 Å². The van der Waals surface area contributed by atoms with Crippen LogP contribution in [-0.2, 0) is 0 Å². The van der Waals surface area contributed by atoms with Gasteiger partial charge in [-0.1, -0.05) is 0 Å². The minimum atomic E-state index is -0.447. The van der Waals surface area contributed by atoms with Crippen molar-refractivity contribution in [2.24, 2.45) is 0 Å². The zero-order valence-corrected chi connectivity index (χ0v) is 8.42. The predicted octanol–water partition coefficient (Wildman–Crippen LogP) is 2.54. The molecule has 0 atom stereocenters. The third kappa shape index (κ3) is 2.02. The van der Waals surface area contributed by atoms with E-state index in [1.54, 1.807) is 12.1 Å². The molecule has 0 saturated carbocycles. The van der Waals surface area contributed by atoms with E-state index in [0.29, 0.717) is 0 Å². The number of benzene rings is 1. The average Bonchev–Trinajstić information content (AvgIpc) is 2.20. The van der Waals surface area contributed by atoms with Gasteiger partial charge in [-0.15, -0.1) is 0 Å². The van der Waals surface area contributed by atoms with Crippen LogP contribution in [0.1, 0.15) is 19.4 Å². The van der Waals surface area contributed by atoms with Gasteiger partial charge in [0, 0.05) is 18.8 Å². The van der Waals surface area contributed by atoms with Gasteiger partial charge in [0.1, 0.15) is 11.9 Å². The summed E-state index contributed by atoms with van der Waals surface area (Å²) in [6.07, 6.45) is 0. The zero-order valence-electron chi connectivity index (χ0n) is 8.42. The number of anilines is 1. The molecule has 0 heterocycles. The Labute approximate surface area is 83.6 Å². The van der Waals surface area contributed by atoms with Gasteiger partial charge in [-0.05, 0) is 32.0 Å². The van der Waals surface area contributed by atoms with Crippen LogP contribution in [0.15, 0.2) is 18.2 Å². The van der Waals surface area contributed by atoms with Crippen LogP contribution in [0.2, 0.25) is 0 Å². The van der Waals surface area contributed by atoms with Crippen LogP contribution >= 0.6 is 0 Å². The van der Waals surface area contributed by atoms with E-state index in [4.69, 9.17) is 5.26 Å². The first-order valence-electron chi connectivity index (χ1n) is 4.67. The van der Waals surface area contributed by atoms with Gasteiger partial charge < -0.3 is 4.90 Å². The van der Waals surface area contributed by atoms with Crippen LogP contribution in [0.4, 0.5) is 10.1 Å². The Morgan fingerprint density at radius 2 is 2.00 bits per heavy atom. The first-order chi connectivity index (χ1) is 6.72. The fourth-order valence-corrected chi connectivity index (χ4v) is 1.38. The molecule has 0 spiro atoms. The second-order valence-electron chi connectivity index (χ2n) is 2.95. The van der Waals surface area contributed by atoms with Gasteiger partial charge in [-0.3, -0.25) is 0 Å². The first-order valence-corrected chi connectivity index (χ1v) is 4.67. The van der Waals surface area contributed by atoms with Gasteiger partial charge >= 0.3 is 0 Å². The number of rotatable bonds is 3. The Bertz CT molecular complexity index is 351. The summed E-state index contributed by atoms with van der Waals surface area (Å²) >= 11 is 0. The monoisotopic (exact) mass is 192 g/mol. The molecule has 0 N–H and O–H groups in total. The molecule has 3 heteroatoms. The van der Waals surface area contributed by atoms with E-state index in [0.717, 1.165) is 18.8 Å². The summed E-state index contributed by atoms with van der Waals surface area (Å²) in [5.74, 6) is -0.447. The predicted molar refractivity (Wildman–Crippen MR) is 54.7 cm³/mol. The zero-order chi connectivity index (χ0) is 10.6. The molecule has 0 unspecified atom stereocenters. The van der Waals surface area contributed by atoms with E-state index in [9.17, 15) is 4.39 Å². The maximum Gasteiger partial charge on any atom is 0.143 e. The quantitative estimate of drug-likeness (QED) is 0.735. The molecular formula is C11H13FN2. The molecule has 0 amide bonds. The van der Waals surface area contributed by atoms with Crippen molar-refractivity contribution in [3.63, 3.8) is 0 Å². The van der Waals surface area contributed by atoms with Crippen molar-refractivity contribution < 1.29 is 4.39 Å². The highest BCUT2D eigenvalue weighted by Gasteiger charge is 2.06. The Morgan fingerprint density at radius 3 is 2.43 bits per heavy atom. The normalized spacial score (nSPS) is 9.57. The van der Waals surface area contributed by atoms with E-state index in [1.165, 1.54) is 12.1 Å². The Kier molecular flexibility index (Phi) is 3.47. The molecule has 1 aromatic carbocycles. The molecule has 0 aliphatic carbocycles. The van der Waals surface area contributed by atoms with E-state index in [1.807, 2.05) is 18.7 Å². The van der Waals surface area contributed by atoms with Gasteiger partial charge in [0.15, 0.2) is 0 Å². The SMILES string of the molecule is CCN(CC)c1ccc(C#N)c(F)c1. The molecule has 0 aromatic heterocycles. The Hall–Kier alpha value is -1.56. The summed E-state index contributed by atoms with van der Waals surface area (Å²) in [6, 6.07) is 6.50. The van der Waals surface area contributed by atoms with Crippen molar-refractivity contribution in [1.29, 1.82) is 5.26 Å². The van der Waals surface area contributed by atoms with E-state index in [-0.39, 0.29) is 5.56 Å². The molecule has 1 rings (SSSR count). The van der Waals surface area contributed by atoms with Crippen LogP contribution in [0.25, 0.3) is 0 Å². The maximum atomic E-state index is 13.2. The van der Waals surface area contributed by atoms with Crippen LogP contribution in [-0.4, -0.2) is 13.1 Å². The number of nitrogens with zero attached hydrogens (tertiary/aromatic N) is 2. The highest BCUT2D eigenvalue weighted by molar-refractivity contribution is 5.50. The van der Waals surface area contributed by atoms with E-state index >= 15 is 0 Å². The van der Waals surface area contributed by atoms with Crippen molar-refractivity contribution in [1.82, 2.24) is 0 Å². The van der Waals surface area contributed by atoms with Crippen LogP contribution in [0, 0.1) is 17.1 Å². The van der Waals surface area contributed by atoms with Crippen LogP contribution in [0.3, 0.4) is 0 Å². The van der Waals surface area contributed by atoms with Gasteiger partial charge in [-0.25, -0.2) is 4.39 Å². The summed E-state index contributed by atoms with van der Waals surface area (Å²) in [7, 11) is 0. The summed E-state index contributed by atoms with van der Waals surface area (Å²) < 4.78 is 13.2. The smallest absolute Gasteiger partial charge is 0.143 e. The molecule has 0 aliphatic rings. The minimum absolute atomic E-state index is 0.0981. The highest BCUT2D eigenvalue weighted by atomic mass is 19.1. The fraction of sp³-hybridized carbons (Fsp3) is 0.364. The summed E-state index contributed by atoms with van der Waals surface area (Å²) in [5, 5.41) is 8.56. The first kappa shape index (κ1) is 10.5. The third-order valence-electron chi connectivity index (χ3n) is 2.20. The summed E-state index contributed by atoms with van der Waals surface area (Å²) in [6.45, 7) is 5.70. The van der Waals surface area contributed by atoms with Crippen molar-refractivity contribution in [2.75, 3.05) is 18.0 Å². The van der Waals surface area contributed by atoms with Crippen LogP contribution in [0.5, 0.6) is 0 Å². The molecular weight excluding hydrogens is 179 g/mol. The van der Waals surface area contributed by atoms with Gasteiger partial charge in [-0.2, -0.15) is 5.26 Å². The molecule has 0 radical (unpaired) electrons. The summed E-state index contributed by atoms with van der Waals surface area (Å²) in [5.41, 5.74) is 0.924. The molecule has 2 nitrogen and oxygen atoms in total. The fourth-order valence-electron chi connectivity index (χ4n) is 1.38. The standard InChI is InChI=1S/C11H13FN2/c1-3-14(4-2)10-6-5-9(8-13)11(12)7-10/h5-7H,3-4H2,1-2H3. The summed E-state index contributed by atoms with van der Waals surface area (Å²) in [4.78, 5) is 2.03. The maximum absolute atomic E-state index is 13.2. The van der Waals surface area contributed by atoms with Gasteiger partial charge in [0.25, 0.3) is 0 Å². The van der Waals surface area contributed by atoms with Gasteiger partial charge in [0.2, 0.25) is 0 Å².